The molecule has 0 aromatic rings. The van der Waals surface area contributed by atoms with Crippen molar-refractivity contribution in [2.45, 2.75) is 58.7 Å². The summed E-state index contributed by atoms with van der Waals surface area (Å²) in [5.74, 6) is 0. The number of likely N-dealkylation sites (tertiary alicyclic amines) is 1. The lowest BCUT2D eigenvalue weighted by molar-refractivity contribution is 0.136. The molecule has 116 valence electrons. The van der Waals surface area contributed by atoms with E-state index in [0.717, 1.165) is 19.5 Å². The Morgan fingerprint density at radius 2 is 2.00 bits per heavy atom. The van der Waals surface area contributed by atoms with Gasteiger partial charge >= 0.3 is 0 Å². The van der Waals surface area contributed by atoms with E-state index in [2.05, 4.69) is 50.4 Å². The molecule has 0 spiro atoms. The highest BCUT2D eigenvalue weighted by Gasteiger charge is 2.31. The Hall–Kier alpha value is -0.240. The second-order valence-corrected chi connectivity index (χ2v) is 7.23. The fourth-order valence-corrected chi connectivity index (χ4v) is 4.13. The maximum absolute atomic E-state index is 8.67. The van der Waals surface area contributed by atoms with Crippen molar-refractivity contribution in [2.24, 2.45) is 0 Å². The zero-order valence-electron chi connectivity index (χ0n) is 13.4. The van der Waals surface area contributed by atoms with Gasteiger partial charge in [0.25, 0.3) is 8.53 Å². The van der Waals surface area contributed by atoms with Gasteiger partial charge in [-0.25, -0.2) is 4.67 Å². The molecule has 0 aliphatic carbocycles. The lowest BCUT2D eigenvalue weighted by atomic mass is 10.3. The van der Waals surface area contributed by atoms with Crippen molar-refractivity contribution in [1.82, 2.24) is 9.57 Å². The molecule has 0 amide bonds. The standard InChI is InChI=1S/C14H28N3O2P/c1-12(2)17(13(3)4)20(18-10-6-8-15)19-14-7-9-16(5)11-14/h12-14H,6-7,9-11H2,1-5H3. The van der Waals surface area contributed by atoms with Crippen LogP contribution in [-0.4, -0.2) is 54.5 Å². The molecule has 20 heavy (non-hydrogen) atoms. The van der Waals surface area contributed by atoms with E-state index in [1.54, 1.807) is 0 Å². The van der Waals surface area contributed by atoms with Gasteiger partial charge in [0.2, 0.25) is 0 Å². The van der Waals surface area contributed by atoms with Crippen molar-refractivity contribution in [3.05, 3.63) is 0 Å². The fraction of sp³-hybridized carbons (Fsp3) is 0.929. The van der Waals surface area contributed by atoms with Gasteiger partial charge in [0.05, 0.1) is 25.2 Å². The molecule has 2 atom stereocenters. The third-order valence-electron chi connectivity index (χ3n) is 3.25. The number of nitrogens with zero attached hydrogens (tertiary/aromatic N) is 3. The first-order valence-corrected chi connectivity index (χ1v) is 8.52. The van der Waals surface area contributed by atoms with E-state index in [0.29, 0.717) is 25.1 Å². The highest BCUT2D eigenvalue weighted by Crippen LogP contribution is 2.47. The average molecular weight is 301 g/mol. The number of rotatable bonds is 8. The van der Waals surface area contributed by atoms with E-state index in [-0.39, 0.29) is 6.10 Å². The Balaban J connectivity index is 2.65. The van der Waals surface area contributed by atoms with E-state index in [1.165, 1.54) is 0 Å². The van der Waals surface area contributed by atoms with Crippen LogP contribution in [0.25, 0.3) is 0 Å². The summed E-state index contributed by atoms with van der Waals surface area (Å²) in [5.41, 5.74) is 0. The maximum atomic E-state index is 8.67. The van der Waals surface area contributed by atoms with Gasteiger partial charge in [0, 0.05) is 25.2 Å². The average Bonchev–Trinajstić information content (AvgIpc) is 2.74. The van der Waals surface area contributed by atoms with Crippen molar-refractivity contribution >= 4 is 8.53 Å². The Morgan fingerprint density at radius 1 is 1.35 bits per heavy atom. The third-order valence-corrected chi connectivity index (χ3v) is 5.43. The topological polar surface area (TPSA) is 48.7 Å². The summed E-state index contributed by atoms with van der Waals surface area (Å²) in [5, 5.41) is 8.67. The zero-order valence-corrected chi connectivity index (χ0v) is 14.3. The van der Waals surface area contributed by atoms with E-state index >= 15 is 0 Å². The van der Waals surface area contributed by atoms with Gasteiger partial charge in [-0.2, -0.15) is 5.26 Å². The van der Waals surface area contributed by atoms with Crippen LogP contribution in [0.4, 0.5) is 0 Å². The predicted octanol–water partition coefficient (Wildman–Crippen LogP) is 2.98. The molecule has 1 saturated heterocycles. The van der Waals surface area contributed by atoms with E-state index in [1.807, 2.05) is 0 Å². The first-order chi connectivity index (χ1) is 9.45. The lowest BCUT2D eigenvalue weighted by Gasteiger charge is -2.36. The Bertz CT molecular complexity index is 312. The number of hydrogen-bond acceptors (Lipinski definition) is 5. The number of hydrogen-bond donors (Lipinski definition) is 0. The third kappa shape index (κ3) is 5.63. The van der Waals surface area contributed by atoms with Gasteiger partial charge in [-0.05, 0) is 41.2 Å². The minimum Gasteiger partial charge on any atom is -0.321 e. The van der Waals surface area contributed by atoms with Crippen LogP contribution in [0.5, 0.6) is 0 Å². The van der Waals surface area contributed by atoms with Gasteiger partial charge < -0.3 is 13.9 Å². The molecule has 0 N–H and O–H groups in total. The van der Waals surface area contributed by atoms with Gasteiger partial charge in [-0.1, -0.05) is 0 Å². The van der Waals surface area contributed by atoms with Crippen molar-refractivity contribution in [3.63, 3.8) is 0 Å². The first-order valence-electron chi connectivity index (χ1n) is 7.39. The Kier molecular flexibility index (Phi) is 7.94. The molecule has 0 bridgehead atoms. The predicted molar refractivity (Wildman–Crippen MR) is 82.2 cm³/mol. The molecule has 1 heterocycles. The van der Waals surface area contributed by atoms with Crippen LogP contribution >= 0.6 is 8.53 Å². The van der Waals surface area contributed by atoms with Crippen LogP contribution < -0.4 is 0 Å². The first kappa shape index (κ1) is 17.8. The molecular weight excluding hydrogens is 273 g/mol. The number of nitriles is 1. The molecule has 6 heteroatoms. The normalized spacial score (nSPS) is 21.9. The van der Waals surface area contributed by atoms with Crippen LogP contribution in [0.3, 0.4) is 0 Å². The summed E-state index contributed by atoms with van der Waals surface area (Å²) in [7, 11) is 1.03. The lowest BCUT2D eigenvalue weighted by Crippen LogP contribution is -2.35. The van der Waals surface area contributed by atoms with Crippen LogP contribution in [0.2, 0.25) is 0 Å². The second-order valence-electron chi connectivity index (χ2n) is 5.83. The highest BCUT2D eigenvalue weighted by molar-refractivity contribution is 7.44. The molecule has 1 aliphatic heterocycles. The van der Waals surface area contributed by atoms with Gasteiger partial charge in [-0.3, -0.25) is 0 Å². The van der Waals surface area contributed by atoms with Crippen molar-refractivity contribution < 1.29 is 9.05 Å². The minimum absolute atomic E-state index is 0.244. The van der Waals surface area contributed by atoms with Crippen molar-refractivity contribution in [3.8, 4) is 6.07 Å². The zero-order chi connectivity index (χ0) is 15.1. The molecular formula is C14H28N3O2P. The Morgan fingerprint density at radius 3 is 2.45 bits per heavy atom. The largest absolute Gasteiger partial charge is 0.321 e. The van der Waals surface area contributed by atoms with Gasteiger partial charge in [0.1, 0.15) is 0 Å². The SMILES string of the molecule is CC(C)N(C(C)C)P(OCCC#N)OC1CCN(C)C1. The molecule has 2 unspecified atom stereocenters. The summed E-state index contributed by atoms with van der Waals surface area (Å²) in [6.07, 6.45) is 1.71. The quantitative estimate of drug-likeness (QED) is 0.509. The van der Waals surface area contributed by atoms with Crippen LogP contribution in [0.15, 0.2) is 0 Å². The minimum atomic E-state index is -1.09. The Labute approximate surface area is 124 Å². The molecule has 0 aromatic carbocycles. The highest BCUT2D eigenvalue weighted by atomic mass is 31.2. The second kappa shape index (κ2) is 8.92. The molecule has 0 aromatic heterocycles. The van der Waals surface area contributed by atoms with Crippen LogP contribution in [0, 0.1) is 11.3 Å². The molecule has 1 rings (SSSR count). The summed E-state index contributed by atoms with van der Waals surface area (Å²) >= 11 is 0. The van der Waals surface area contributed by atoms with Gasteiger partial charge in [0.15, 0.2) is 0 Å². The summed E-state index contributed by atoms with van der Waals surface area (Å²) < 4.78 is 14.4. The molecule has 0 saturated carbocycles. The summed E-state index contributed by atoms with van der Waals surface area (Å²) in [6, 6.07) is 2.85. The number of likely N-dealkylation sites (N-methyl/N-ethyl adjacent to an activating group) is 1. The van der Waals surface area contributed by atoms with Crippen LogP contribution in [0.1, 0.15) is 40.5 Å². The maximum Gasteiger partial charge on any atom is 0.259 e. The van der Waals surface area contributed by atoms with Crippen LogP contribution in [-0.2, 0) is 9.05 Å². The summed E-state index contributed by atoms with van der Waals surface area (Å²) in [6.45, 7) is 11.1. The monoisotopic (exact) mass is 301 g/mol. The smallest absolute Gasteiger partial charge is 0.259 e. The van der Waals surface area contributed by atoms with Gasteiger partial charge in [-0.15, -0.1) is 0 Å². The van der Waals surface area contributed by atoms with E-state index in [4.69, 9.17) is 14.3 Å². The van der Waals surface area contributed by atoms with E-state index in [9.17, 15) is 0 Å². The van der Waals surface area contributed by atoms with Crippen molar-refractivity contribution in [2.75, 3.05) is 26.7 Å². The summed E-state index contributed by atoms with van der Waals surface area (Å²) in [4.78, 5) is 2.28. The molecule has 0 radical (unpaired) electrons. The molecule has 1 aliphatic rings. The van der Waals surface area contributed by atoms with E-state index < -0.39 is 8.53 Å². The fourth-order valence-electron chi connectivity index (χ4n) is 2.40. The van der Waals surface area contributed by atoms with Crippen molar-refractivity contribution in [1.29, 1.82) is 5.26 Å². The molecule has 1 fully saturated rings. The molecule has 5 nitrogen and oxygen atoms in total.